The first-order valence-corrected chi connectivity index (χ1v) is 19.1. The number of aryl methyl sites for hydroxylation is 2. The summed E-state index contributed by atoms with van der Waals surface area (Å²) in [6.45, 7) is 4.06. The Bertz CT molecular complexity index is 3100. The second-order valence-corrected chi connectivity index (χ2v) is 15.0. The van der Waals surface area contributed by atoms with E-state index in [4.69, 9.17) is 0 Å². The lowest BCUT2D eigenvalue weighted by Gasteiger charge is -2.23. The van der Waals surface area contributed by atoms with E-state index in [9.17, 15) is 5.26 Å². The van der Waals surface area contributed by atoms with E-state index in [0.717, 1.165) is 54.9 Å². The molecule has 0 atom stereocenters. The Morgan fingerprint density at radius 1 is 0.414 bits per heavy atom. The first kappa shape index (κ1) is 35.1. The summed E-state index contributed by atoms with van der Waals surface area (Å²) in [4.78, 5) is 0. The summed E-state index contributed by atoms with van der Waals surface area (Å²) in [5.74, 6) is 0. The van der Waals surface area contributed by atoms with E-state index in [0.29, 0.717) is 38.8 Å². The van der Waals surface area contributed by atoms with Crippen molar-refractivity contribution in [2.75, 3.05) is 0 Å². The summed E-state index contributed by atoms with van der Waals surface area (Å²) in [7, 11) is 0. The molecule has 0 fully saturated rings. The van der Waals surface area contributed by atoms with E-state index in [1.54, 1.807) is 39.5 Å². The summed E-state index contributed by atoms with van der Waals surface area (Å²) in [5, 5.41) is 13.3. The van der Waals surface area contributed by atoms with E-state index in [-0.39, 0.29) is 11.4 Å². The van der Waals surface area contributed by atoms with Crippen molar-refractivity contribution in [1.29, 1.82) is 5.26 Å². The standard InChI is InChI=1S/C52H34F3N3/c1-32-14-18-35(19-15-32)38-22-24-43-41-10-3-5-12-45(41)57(47(43)27-38)49-29-40(37-9-7-8-34(26-37)31-56)30-50(51(49)52(53,54)55)58-46-13-6-4-11-42(46)44-25-23-39(28-48(44)58)36-20-16-33(2)17-21-36/h3-30H,1-2H3. The predicted octanol–water partition coefficient (Wildman–Crippen LogP) is 14.4. The molecule has 0 saturated heterocycles. The van der Waals surface area contributed by atoms with Crippen molar-refractivity contribution in [3.05, 3.63) is 192 Å². The molecular weight excluding hydrogens is 724 g/mol. The van der Waals surface area contributed by atoms with Crippen LogP contribution < -0.4 is 0 Å². The van der Waals surface area contributed by atoms with Crippen molar-refractivity contribution >= 4 is 43.6 Å². The zero-order valence-electron chi connectivity index (χ0n) is 31.6. The molecule has 3 nitrogen and oxygen atoms in total. The average Bonchev–Trinajstić information content (AvgIpc) is 3.75. The van der Waals surface area contributed by atoms with Gasteiger partial charge in [0.05, 0.1) is 45.1 Å². The average molecular weight is 758 g/mol. The highest BCUT2D eigenvalue weighted by Crippen LogP contribution is 2.47. The maximum absolute atomic E-state index is 16.4. The minimum atomic E-state index is -4.80. The molecule has 0 spiro atoms. The van der Waals surface area contributed by atoms with Gasteiger partial charge in [-0.2, -0.15) is 18.4 Å². The highest BCUT2D eigenvalue weighted by atomic mass is 19.4. The van der Waals surface area contributed by atoms with Gasteiger partial charge in [0.15, 0.2) is 0 Å². The van der Waals surface area contributed by atoms with Crippen LogP contribution in [-0.4, -0.2) is 9.13 Å². The van der Waals surface area contributed by atoms with Gasteiger partial charge in [-0.3, -0.25) is 0 Å². The van der Waals surface area contributed by atoms with Crippen LogP contribution in [0.3, 0.4) is 0 Å². The summed E-state index contributed by atoms with van der Waals surface area (Å²) in [5.41, 5.74) is 9.43. The Morgan fingerprint density at radius 3 is 1.31 bits per heavy atom. The minimum absolute atomic E-state index is 0.00441. The number of para-hydroxylation sites is 2. The monoisotopic (exact) mass is 757 g/mol. The normalized spacial score (nSPS) is 11.9. The molecule has 0 N–H and O–H groups in total. The molecule has 0 aliphatic rings. The summed E-state index contributed by atoms with van der Waals surface area (Å²) in [6, 6.07) is 56.2. The quantitative estimate of drug-likeness (QED) is 0.172. The van der Waals surface area contributed by atoms with Crippen LogP contribution in [0.2, 0.25) is 0 Å². The topological polar surface area (TPSA) is 33.6 Å². The van der Waals surface area contributed by atoms with E-state index < -0.39 is 11.7 Å². The number of rotatable bonds is 5. The highest BCUT2D eigenvalue weighted by molar-refractivity contribution is 6.12. The maximum Gasteiger partial charge on any atom is 0.420 e. The summed E-state index contributed by atoms with van der Waals surface area (Å²) < 4.78 is 52.9. The molecule has 6 heteroatoms. The van der Waals surface area contributed by atoms with Crippen molar-refractivity contribution in [1.82, 2.24) is 9.13 Å². The van der Waals surface area contributed by atoms with E-state index in [1.165, 1.54) is 0 Å². The van der Waals surface area contributed by atoms with Crippen LogP contribution in [0.1, 0.15) is 22.3 Å². The lowest BCUT2D eigenvalue weighted by Crippen LogP contribution is -2.16. The Kier molecular flexibility index (Phi) is 8.10. The van der Waals surface area contributed by atoms with Crippen LogP contribution >= 0.6 is 0 Å². The van der Waals surface area contributed by atoms with Gasteiger partial charge in [-0.1, -0.05) is 132 Å². The van der Waals surface area contributed by atoms with Gasteiger partial charge in [0.1, 0.15) is 5.56 Å². The molecule has 0 saturated carbocycles. The van der Waals surface area contributed by atoms with Crippen molar-refractivity contribution in [3.8, 4) is 50.8 Å². The third-order valence-corrected chi connectivity index (χ3v) is 11.3. The van der Waals surface area contributed by atoms with Crippen molar-refractivity contribution in [2.24, 2.45) is 0 Å². The zero-order chi connectivity index (χ0) is 39.7. The smallest absolute Gasteiger partial charge is 0.309 e. The third-order valence-electron chi connectivity index (χ3n) is 11.3. The van der Waals surface area contributed by atoms with Crippen molar-refractivity contribution < 1.29 is 13.2 Å². The molecule has 2 heterocycles. The van der Waals surface area contributed by atoms with E-state index in [1.807, 2.05) is 153 Å². The lowest BCUT2D eigenvalue weighted by molar-refractivity contribution is -0.137. The van der Waals surface area contributed by atoms with E-state index >= 15 is 13.2 Å². The van der Waals surface area contributed by atoms with E-state index in [2.05, 4.69) is 6.07 Å². The molecule has 0 aliphatic carbocycles. The lowest BCUT2D eigenvalue weighted by atomic mass is 9.97. The van der Waals surface area contributed by atoms with Gasteiger partial charge < -0.3 is 9.13 Å². The van der Waals surface area contributed by atoms with Crippen molar-refractivity contribution in [2.45, 2.75) is 20.0 Å². The van der Waals surface area contributed by atoms with Crippen LogP contribution in [0.4, 0.5) is 13.2 Å². The first-order valence-electron chi connectivity index (χ1n) is 19.1. The molecule has 0 aliphatic heterocycles. The Hall–Kier alpha value is -7.36. The van der Waals surface area contributed by atoms with Gasteiger partial charge in [0, 0.05) is 21.5 Å². The summed E-state index contributed by atoms with van der Waals surface area (Å²) in [6.07, 6.45) is -4.80. The van der Waals surface area contributed by atoms with Crippen LogP contribution in [0, 0.1) is 25.2 Å². The Morgan fingerprint density at radius 2 is 0.845 bits per heavy atom. The zero-order valence-corrected chi connectivity index (χ0v) is 31.6. The van der Waals surface area contributed by atoms with Gasteiger partial charge in [-0.15, -0.1) is 0 Å². The SMILES string of the molecule is Cc1ccc(-c2ccc3c4ccccc4n(-c4cc(-c5cccc(C#N)c5)cc(-n5c6ccccc6c6ccc(-c7ccc(C)cc7)cc65)c4C(F)(F)F)c3c2)cc1. The molecule has 0 unspecified atom stereocenters. The molecule has 278 valence electrons. The number of nitriles is 1. The van der Waals surface area contributed by atoms with Crippen LogP contribution in [0.15, 0.2) is 170 Å². The number of fused-ring (bicyclic) bond motifs is 6. The molecule has 10 rings (SSSR count). The molecule has 10 aromatic rings. The fourth-order valence-electron chi connectivity index (χ4n) is 8.50. The molecule has 2 aromatic heterocycles. The van der Waals surface area contributed by atoms with Gasteiger partial charge in [-0.25, -0.2) is 0 Å². The van der Waals surface area contributed by atoms with Crippen LogP contribution in [0.5, 0.6) is 0 Å². The summed E-state index contributed by atoms with van der Waals surface area (Å²) >= 11 is 0. The Balaban J connectivity index is 1.37. The van der Waals surface area contributed by atoms with Gasteiger partial charge in [0.2, 0.25) is 0 Å². The number of nitrogens with zero attached hydrogens (tertiary/aromatic N) is 3. The fourth-order valence-corrected chi connectivity index (χ4v) is 8.50. The third kappa shape index (κ3) is 5.74. The van der Waals surface area contributed by atoms with Gasteiger partial charge in [0.25, 0.3) is 0 Å². The number of aromatic nitrogens is 2. The molecule has 8 aromatic carbocycles. The first-order chi connectivity index (χ1) is 28.2. The van der Waals surface area contributed by atoms with Crippen molar-refractivity contribution in [3.63, 3.8) is 0 Å². The highest BCUT2D eigenvalue weighted by Gasteiger charge is 2.39. The number of benzene rings is 8. The number of hydrogen-bond donors (Lipinski definition) is 0. The number of hydrogen-bond acceptors (Lipinski definition) is 1. The second-order valence-electron chi connectivity index (χ2n) is 15.0. The van der Waals surface area contributed by atoms with Gasteiger partial charge in [-0.05, 0) is 95.8 Å². The molecule has 58 heavy (non-hydrogen) atoms. The number of halogens is 3. The Labute approximate surface area is 333 Å². The minimum Gasteiger partial charge on any atom is -0.309 e. The molecular formula is C52H34F3N3. The maximum atomic E-state index is 16.4. The molecule has 0 bridgehead atoms. The number of alkyl halides is 3. The molecule has 0 amide bonds. The van der Waals surface area contributed by atoms with Gasteiger partial charge >= 0.3 is 6.18 Å². The predicted molar refractivity (Wildman–Crippen MR) is 231 cm³/mol. The van der Waals surface area contributed by atoms with Crippen LogP contribution in [-0.2, 0) is 6.18 Å². The van der Waals surface area contributed by atoms with Crippen LogP contribution in [0.25, 0.3) is 88.4 Å². The largest absolute Gasteiger partial charge is 0.420 e. The molecule has 0 radical (unpaired) electrons. The second kappa shape index (κ2) is 13.4. The fraction of sp³-hybridized carbons (Fsp3) is 0.0577.